The van der Waals surface area contributed by atoms with Crippen molar-refractivity contribution < 1.29 is 9.53 Å². The first-order valence-corrected chi connectivity index (χ1v) is 7.36. The summed E-state index contributed by atoms with van der Waals surface area (Å²) in [7, 11) is 1.69. The number of rotatable bonds is 4. The zero-order valence-corrected chi connectivity index (χ0v) is 13.0. The largest absolute Gasteiger partial charge is 0.455 e. The Morgan fingerprint density at radius 3 is 2.84 bits per heavy atom. The van der Waals surface area contributed by atoms with Gasteiger partial charge in [-0.1, -0.05) is 6.92 Å². The van der Waals surface area contributed by atoms with Crippen LogP contribution in [-0.2, 0) is 24.8 Å². The summed E-state index contributed by atoms with van der Waals surface area (Å²) in [5.74, 6) is -0.447. The van der Waals surface area contributed by atoms with Crippen LogP contribution in [0.25, 0.3) is 0 Å². The third kappa shape index (κ3) is 2.98. The van der Waals surface area contributed by atoms with Crippen LogP contribution in [0.1, 0.15) is 28.0 Å². The minimum atomic E-state index is -0.447. The molecule has 0 fully saturated rings. The van der Waals surface area contributed by atoms with Crippen molar-refractivity contribution in [3.63, 3.8) is 0 Å². The number of carbonyl (C=O) groups is 1. The van der Waals surface area contributed by atoms with Crippen LogP contribution in [0.2, 0.25) is 0 Å². The Balaban J connectivity index is 2.10. The third-order valence-corrected chi connectivity index (χ3v) is 4.26. The number of esters is 1. The van der Waals surface area contributed by atoms with Gasteiger partial charge in [-0.3, -0.25) is 4.68 Å². The van der Waals surface area contributed by atoms with Crippen LogP contribution in [0.5, 0.6) is 0 Å². The predicted octanol–water partition coefficient (Wildman–Crippen LogP) is 2.75. The monoisotopic (exact) mass is 343 g/mol. The molecule has 2 aromatic rings. The number of halogens is 1. The molecule has 0 aliphatic carbocycles. The average Bonchev–Trinajstić information content (AvgIpc) is 2.90. The van der Waals surface area contributed by atoms with Gasteiger partial charge >= 0.3 is 5.97 Å². The molecule has 2 aromatic heterocycles. The van der Waals surface area contributed by atoms with Gasteiger partial charge in [-0.25, -0.2) is 4.79 Å². The van der Waals surface area contributed by atoms with Gasteiger partial charge in [0.05, 0.1) is 15.2 Å². The van der Waals surface area contributed by atoms with Crippen molar-refractivity contribution in [2.75, 3.05) is 5.73 Å². The number of aromatic nitrogens is 2. The number of hydrogen-bond acceptors (Lipinski definition) is 5. The smallest absolute Gasteiger partial charge is 0.359 e. The summed E-state index contributed by atoms with van der Waals surface area (Å²) in [5, 5.41) is 4.19. The first kappa shape index (κ1) is 14.1. The first-order valence-electron chi connectivity index (χ1n) is 5.75. The van der Waals surface area contributed by atoms with Gasteiger partial charge in [0.1, 0.15) is 6.61 Å². The highest BCUT2D eigenvalue weighted by molar-refractivity contribution is 9.11. The Morgan fingerprint density at radius 2 is 2.32 bits per heavy atom. The average molecular weight is 344 g/mol. The molecule has 0 aliphatic rings. The molecule has 0 radical (unpaired) electrons. The second-order valence-electron chi connectivity index (χ2n) is 3.97. The van der Waals surface area contributed by atoms with Crippen LogP contribution in [0, 0.1) is 0 Å². The zero-order valence-electron chi connectivity index (χ0n) is 10.6. The van der Waals surface area contributed by atoms with E-state index < -0.39 is 5.97 Å². The van der Waals surface area contributed by atoms with Gasteiger partial charge in [-0.15, -0.1) is 11.3 Å². The summed E-state index contributed by atoms with van der Waals surface area (Å²) in [6.45, 7) is 2.18. The minimum absolute atomic E-state index is 0.237. The van der Waals surface area contributed by atoms with Gasteiger partial charge in [-0.2, -0.15) is 5.10 Å². The van der Waals surface area contributed by atoms with Gasteiger partial charge in [0.2, 0.25) is 0 Å². The number of anilines is 1. The quantitative estimate of drug-likeness (QED) is 0.866. The standard InChI is InChI=1S/C12H14BrN3O2S/c1-3-8-10(14)11(16(2)15-8)12(17)18-6-7-4-5-9(13)19-7/h4-5H,3,6,14H2,1-2H3. The fourth-order valence-electron chi connectivity index (χ4n) is 1.73. The van der Waals surface area contributed by atoms with Crippen molar-refractivity contribution in [3.05, 3.63) is 32.2 Å². The molecule has 2 heterocycles. The number of nitrogens with two attached hydrogens (primary N) is 1. The Kier molecular flexibility index (Phi) is 4.26. The Labute approximate surface area is 123 Å². The molecule has 0 unspecified atom stereocenters. The summed E-state index contributed by atoms with van der Waals surface area (Å²) >= 11 is 4.89. The normalized spacial score (nSPS) is 10.7. The maximum absolute atomic E-state index is 12.0. The highest BCUT2D eigenvalue weighted by Gasteiger charge is 2.20. The summed E-state index contributed by atoms with van der Waals surface area (Å²) in [6.07, 6.45) is 0.685. The van der Waals surface area contributed by atoms with E-state index in [4.69, 9.17) is 10.5 Å². The van der Waals surface area contributed by atoms with E-state index in [1.807, 2.05) is 19.1 Å². The number of ether oxygens (including phenoxy) is 1. The van der Waals surface area contributed by atoms with Crippen LogP contribution < -0.4 is 5.73 Å². The molecule has 0 atom stereocenters. The highest BCUT2D eigenvalue weighted by Crippen LogP contribution is 2.23. The van der Waals surface area contributed by atoms with E-state index in [9.17, 15) is 4.79 Å². The summed E-state index contributed by atoms with van der Waals surface area (Å²) < 4.78 is 7.74. The number of carbonyl (C=O) groups excluding carboxylic acids is 1. The van der Waals surface area contributed by atoms with E-state index in [1.54, 1.807) is 7.05 Å². The molecular formula is C12H14BrN3O2S. The van der Waals surface area contributed by atoms with Crippen molar-refractivity contribution in [2.24, 2.45) is 7.05 Å². The molecular weight excluding hydrogens is 330 g/mol. The third-order valence-electron chi connectivity index (χ3n) is 2.66. The van der Waals surface area contributed by atoms with E-state index in [2.05, 4.69) is 21.0 Å². The van der Waals surface area contributed by atoms with Gasteiger partial charge in [0, 0.05) is 11.9 Å². The number of thiophene rings is 1. The van der Waals surface area contributed by atoms with Gasteiger partial charge < -0.3 is 10.5 Å². The Bertz CT molecular complexity index is 606. The molecule has 0 amide bonds. The Hall–Kier alpha value is -1.34. The molecule has 0 saturated heterocycles. The predicted molar refractivity (Wildman–Crippen MR) is 78.1 cm³/mol. The summed E-state index contributed by atoms with van der Waals surface area (Å²) in [5.41, 5.74) is 7.33. The maximum Gasteiger partial charge on any atom is 0.359 e. The van der Waals surface area contributed by atoms with Crippen molar-refractivity contribution in [3.8, 4) is 0 Å². The first-order chi connectivity index (χ1) is 9.02. The van der Waals surface area contributed by atoms with Crippen LogP contribution in [0.15, 0.2) is 15.9 Å². The molecule has 102 valence electrons. The van der Waals surface area contributed by atoms with Gasteiger partial charge in [0.15, 0.2) is 5.69 Å². The fraction of sp³-hybridized carbons (Fsp3) is 0.333. The summed E-state index contributed by atoms with van der Waals surface area (Å²) in [4.78, 5) is 13.0. The SMILES string of the molecule is CCc1nn(C)c(C(=O)OCc2ccc(Br)s2)c1N. The number of nitrogens with zero attached hydrogens (tertiary/aromatic N) is 2. The van der Waals surface area contributed by atoms with E-state index >= 15 is 0 Å². The van der Waals surface area contributed by atoms with Crippen LogP contribution in [0.3, 0.4) is 0 Å². The topological polar surface area (TPSA) is 70.1 Å². The molecule has 0 aliphatic heterocycles. The second kappa shape index (κ2) is 5.75. The van der Waals surface area contributed by atoms with Crippen LogP contribution in [0.4, 0.5) is 5.69 Å². The molecule has 0 spiro atoms. The van der Waals surface area contributed by atoms with Gasteiger partial charge in [-0.05, 0) is 34.5 Å². The van der Waals surface area contributed by atoms with Crippen molar-refractivity contribution >= 4 is 38.9 Å². The zero-order chi connectivity index (χ0) is 14.0. The number of aryl methyl sites for hydroxylation is 2. The summed E-state index contributed by atoms with van der Waals surface area (Å²) in [6, 6.07) is 3.83. The van der Waals surface area contributed by atoms with Gasteiger partial charge in [0.25, 0.3) is 0 Å². The molecule has 0 aromatic carbocycles. The van der Waals surface area contributed by atoms with E-state index in [-0.39, 0.29) is 6.61 Å². The van der Waals surface area contributed by atoms with Crippen molar-refractivity contribution in [1.29, 1.82) is 0 Å². The fourth-order valence-corrected chi connectivity index (χ4v) is 3.13. The molecule has 2 rings (SSSR count). The molecule has 2 N–H and O–H groups in total. The van der Waals surface area contributed by atoms with E-state index in [0.717, 1.165) is 8.66 Å². The second-order valence-corrected chi connectivity index (χ2v) is 6.52. The van der Waals surface area contributed by atoms with Crippen molar-refractivity contribution in [1.82, 2.24) is 9.78 Å². The lowest BCUT2D eigenvalue weighted by molar-refractivity contribution is 0.0465. The number of hydrogen-bond donors (Lipinski definition) is 1. The lowest BCUT2D eigenvalue weighted by Gasteiger charge is -2.04. The molecule has 19 heavy (non-hydrogen) atoms. The Morgan fingerprint density at radius 1 is 1.58 bits per heavy atom. The molecule has 0 bridgehead atoms. The molecule has 5 nitrogen and oxygen atoms in total. The van der Waals surface area contributed by atoms with E-state index in [1.165, 1.54) is 16.0 Å². The van der Waals surface area contributed by atoms with Crippen LogP contribution in [-0.4, -0.2) is 15.7 Å². The lowest BCUT2D eigenvalue weighted by Crippen LogP contribution is -2.12. The molecule has 7 heteroatoms. The van der Waals surface area contributed by atoms with E-state index in [0.29, 0.717) is 23.5 Å². The maximum atomic E-state index is 12.0. The lowest BCUT2D eigenvalue weighted by atomic mass is 10.2. The minimum Gasteiger partial charge on any atom is -0.455 e. The van der Waals surface area contributed by atoms with Crippen LogP contribution >= 0.6 is 27.3 Å². The molecule has 0 saturated carbocycles. The highest BCUT2D eigenvalue weighted by atomic mass is 79.9. The number of nitrogen functional groups attached to an aromatic ring is 1. The van der Waals surface area contributed by atoms with Crippen molar-refractivity contribution in [2.45, 2.75) is 20.0 Å².